The molecule has 1 aliphatic heterocycles. The molecular weight excluding hydrogens is 230 g/mol. The largest absolute Gasteiger partial charge is 0.383 e. The molecular formula is C14H21NO3. The fourth-order valence-electron chi connectivity index (χ4n) is 2.61. The molecule has 0 aromatic heterocycles. The lowest BCUT2D eigenvalue weighted by molar-refractivity contribution is -0.214. The number of para-hydroxylation sites is 1. The van der Waals surface area contributed by atoms with Gasteiger partial charge in [-0.25, -0.2) is 0 Å². The Morgan fingerprint density at radius 3 is 2.67 bits per heavy atom. The highest BCUT2D eigenvalue weighted by molar-refractivity contribution is 5.54. The number of hydrogen-bond donors (Lipinski definition) is 2. The lowest BCUT2D eigenvalue weighted by atomic mass is 9.86. The fourth-order valence-corrected chi connectivity index (χ4v) is 2.61. The zero-order chi connectivity index (χ0) is 13.2. The van der Waals surface area contributed by atoms with E-state index in [0.717, 1.165) is 18.5 Å². The van der Waals surface area contributed by atoms with Gasteiger partial charge in [0, 0.05) is 19.9 Å². The molecule has 0 saturated heterocycles. The number of aryl methyl sites for hydroxylation is 1. The first-order valence-electron chi connectivity index (χ1n) is 6.22. The van der Waals surface area contributed by atoms with Gasteiger partial charge in [0.25, 0.3) is 0 Å². The molecule has 0 saturated carbocycles. The Bertz CT molecular complexity index is 402. The summed E-state index contributed by atoms with van der Waals surface area (Å²) in [4.78, 5) is 0. The third-order valence-corrected chi connectivity index (χ3v) is 3.66. The second-order valence-electron chi connectivity index (χ2n) is 4.92. The minimum atomic E-state index is -1.07. The lowest BCUT2D eigenvalue weighted by Crippen LogP contribution is -2.55. The monoisotopic (exact) mass is 251 g/mol. The molecule has 1 aromatic carbocycles. The van der Waals surface area contributed by atoms with Crippen molar-refractivity contribution in [2.75, 3.05) is 19.5 Å². The van der Waals surface area contributed by atoms with E-state index in [0.29, 0.717) is 0 Å². The van der Waals surface area contributed by atoms with E-state index in [4.69, 9.17) is 9.47 Å². The van der Waals surface area contributed by atoms with Crippen molar-refractivity contribution >= 4 is 5.69 Å². The van der Waals surface area contributed by atoms with E-state index in [9.17, 15) is 5.11 Å². The molecule has 100 valence electrons. The number of benzene rings is 1. The number of ether oxygens (including phenoxy) is 2. The van der Waals surface area contributed by atoms with Crippen molar-refractivity contribution in [3.63, 3.8) is 0 Å². The van der Waals surface area contributed by atoms with Gasteiger partial charge in [0.1, 0.15) is 5.60 Å². The van der Waals surface area contributed by atoms with Gasteiger partial charge in [-0.15, -0.1) is 0 Å². The molecule has 2 unspecified atom stereocenters. The highest BCUT2D eigenvalue weighted by Gasteiger charge is 2.41. The standard InChI is InChI=1S/C14H21NO3/c1-14(16,13(17-2)18-3)12-9-8-10-6-4-5-7-11(10)15-12/h4-7,12-13,15-16H,8-9H2,1-3H3. The van der Waals surface area contributed by atoms with Crippen LogP contribution in [0, 0.1) is 0 Å². The quantitative estimate of drug-likeness (QED) is 0.801. The highest BCUT2D eigenvalue weighted by atomic mass is 16.7. The summed E-state index contributed by atoms with van der Waals surface area (Å²) in [6, 6.07) is 8.08. The van der Waals surface area contributed by atoms with Crippen molar-refractivity contribution < 1.29 is 14.6 Å². The number of hydrogen-bond acceptors (Lipinski definition) is 4. The summed E-state index contributed by atoms with van der Waals surface area (Å²) in [5.74, 6) is 0. The molecule has 1 aliphatic rings. The number of rotatable bonds is 4. The van der Waals surface area contributed by atoms with Crippen molar-refractivity contribution in [3.05, 3.63) is 29.8 Å². The smallest absolute Gasteiger partial charge is 0.187 e. The number of aliphatic hydroxyl groups is 1. The van der Waals surface area contributed by atoms with Crippen LogP contribution in [0.5, 0.6) is 0 Å². The first-order chi connectivity index (χ1) is 8.59. The van der Waals surface area contributed by atoms with Crippen LogP contribution in [0.25, 0.3) is 0 Å². The van der Waals surface area contributed by atoms with Gasteiger partial charge >= 0.3 is 0 Å². The SMILES string of the molecule is COC(OC)C(C)(O)C1CCc2ccccc2N1. The van der Waals surface area contributed by atoms with Crippen LogP contribution in [0.4, 0.5) is 5.69 Å². The van der Waals surface area contributed by atoms with Crippen LogP contribution in [0.2, 0.25) is 0 Å². The highest BCUT2D eigenvalue weighted by Crippen LogP contribution is 2.31. The predicted octanol–water partition coefficient (Wildman–Crippen LogP) is 1.78. The zero-order valence-electron chi connectivity index (χ0n) is 11.1. The Morgan fingerprint density at radius 1 is 1.33 bits per heavy atom. The van der Waals surface area contributed by atoms with Crippen molar-refractivity contribution in [2.24, 2.45) is 0 Å². The molecule has 1 heterocycles. The first kappa shape index (κ1) is 13.3. The van der Waals surface area contributed by atoms with Crippen LogP contribution in [-0.4, -0.2) is 37.3 Å². The molecule has 0 bridgehead atoms. The van der Waals surface area contributed by atoms with Crippen LogP contribution in [-0.2, 0) is 15.9 Å². The van der Waals surface area contributed by atoms with E-state index in [-0.39, 0.29) is 6.04 Å². The molecule has 2 rings (SSSR count). The maximum atomic E-state index is 10.6. The second kappa shape index (κ2) is 5.26. The van der Waals surface area contributed by atoms with Crippen LogP contribution in [0.3, 0.4) is 0 Å². The summed E-state index contributed by atoms with van der Waals surface area (Å²) in [7, 11) is 3.08. The summed E-state index contributed by atoms with van der Waals surface area (Å²) < 4.78 is 10.4. The Hall–Kier alpha value is -1.10. The van der Waals surface area contributed by atoms with Gasteiger partial charge in [-0.3, -0.25) is 0 Å². The Kier molecular flexibility index (Phi) is 3.90. The number of anilines is 1. The van der Waals surface area contributed by atoms with Crippen LogP contribution in [0.15, 0.2) is 24.3 Å². The van der Waals surface area contributed by atoms with E-state index in [1.165, 1.54) is 5.56 Å². The van der Waals surface area contributed by atoms with Gasteiger partial charge in [-0.1, -0.05) is 18.2 Å². The molecule has 2 atom stereocenters. The van der Waals surface area contributed by atoms with E-state index >= 15 is 0 Å². The minimum Gasteiger partial charge on any atom is -0.383 e. The van der Waals surface area contributed by atoms with Gasteiger partial charge in [-0.05, 0) is 31.4 Å². The summed E-state index contributed by atoms with van der Waals surface area (Å²) in [6.07, 6.45) is 1.16. The van der Waals surface area contributed by atoms with Crippen LogP contribution in [0.1, 0.15) is 18.9 Å². The van der Waals surface area contributed by atoms with Gasteiger partial charge < -0.3 is 19.9 Å². The second-order valence-corrected chi connectivity index (χ2v) is 4.92. The maximum absolute atomic E-state index is 10.6. The molecule has 4 heteroatoms. The molecule has 18 heavy (non-hydrogen) atoms. The van der Waals surface area contributed by atoms with Crippen molar-refractivity contribution in [3.8, 4) is 0 Å². The molecule has 0 aliphatic carbocycles. The fraction of sp³-hybridized carbons (Fsp3) is 0.571. The summed E-state index contributed by atoms with van der Waals surface area (Å²) in [6.45, 7) is 1.75. The number of methoxy groups -OCH3 is 2. The number of fused-ring (bicyclic) bond motifs is 1. The zero-order valence-corrected chi connectivity index (χ0v) is 11.1. The Balaban J connectivity index is 2.17. The lowest BCUT2D eigenvalue weighted by Gasteiger charge is -2.40. The van der Waals surface area contributed by atoms with E-state index in [1.807, 2.05) is 18.2 Å². The van der Waals surface area contributed by atoms with E-state index in [1.54, 1.807) is 21.1 Å². The first-order valence-corrected chi connectivity index (χ1v) is 6.22. The maximum Gasteiger partial charge on any atom is 0.187 e. The average Bonchev–Trinajstić information content (AvgIpc) is 2.39. The number of nitrogens with one attached hydrogen (secondary N) is 1. The topological polar surface area (TPSA) is 50.7 Å². The van der Waals surface area contributed by atoms with Crippen LogP contribution >= 0.6 is 0 Å². The molecule has 2 N–H and O–H groups in total. The third-order valence-electron chi connectivity index (χ3n) is 3.66. The third kappa shape index (κ3) is 2.36. The molecule has 1 aromatic rings. The normalized spacial score (nSPS) is 22.2. The molecule has 4 nitrogen and oxygen atoms in total. The van der Waals surface area contributed by atoms with Crippen molar-refractivity contribution in [1.29, 1.82) is 0 Å². The average molecular weight is 251 g/mol. The van der Waals surface area contributed by atoms with Gasteiger partial charge in [0.05, 0.1) is 6.04 Å². The van der Waals surface area contributed by atoms with Gasteiger partial charge in [-0.2, -0.15) is 0 Å². The molecule has 0 amide bonds. The minimum absolute atomic E-state index is 0.0858. The Morgan fingerprint density at radius 2 is 2.00 bits per heavy atom. The van der Waals surface area contributed by atoms with Gasteiger partial charge in [0.15, 0.2) is 6.29 Å². The van der Waals surface area contributed by atoms with E-state index in [2.05, 4.69) is 11.4 Å². The van der Waals surface area contributed by atoms with Crippen molar-refractivity contribution in [2.45, 2.75) is 37.7 Å². The summed E-state index contributed by atoms with van der Waals surface area (Å²) >= 11 is 0. The summed E-state index contributed by atoms with van der Waals surface area (Å²) in [5, 5.41) is 14.0. The molecule has 0 radical (unpaired) electrons. The van der Waals surface area contributed by atoms with Crippen LogP contribution < -0.4 is 5.32 Å². The molecule has 0 fully saturated rings. The Labute approximate surface area is 108 Å². The summed E-state index contributed by atoms with van der Waals surface area (Å²) in [5.41, 5.74) is 1.30. The molecule has 0 spiro atoms. The van der Waals surface area contributed by atoms with E-state index < -0.39 is 11.9 Å². The predicted molar refractivity (Wildman–Crippen MR) is 70.6 cm³/mol. The van der Waals surface area contributed by atoms with Crippen molar-refractivity contribution in [1.82, 2.24) is 0 Å². The van der Waals surface area contributed by atoms with Gasteiger partial charge in [0.2, 0.25) is 0 Å².